The van der Waals surface area contributed by atoms with Crippen LogP contribution in [0, 0.1) is 12.3 Å². The van der Waals surface area contributed by atoms with Gasteiger partial charge in [-0.25, -0.2) is 9.59 Å². The first kappa shape index (κ1) is 27.8. The molecule has 1 radical (unpaired) electrons. The molecule has 0 unspecified atom stereocenters. The monoisotopic (exact) mass is 520 g/mol. The number of hydrogen-bond acceptors (Lipinski definition) is 6. The third-order valence-electron chi connectivity index (χ3n) is 7.37. The second kappa shape index (κ2) is 13.6. The molecule has 7 nitrogen and oxygen atoms in total. The Morgan fingerprint density at radius 3 is 2.29 bits per heavy atom. The molecule has 1 amide bonds. The van der Waals surface area contributed by atoms with Gasteiger partial charge >= 0.3 is 11.9 Å². The number of likely N-dealkylation sites (N-methyl/N-ethyl adjacent to an activating group) is 1. The van der Waals surface area contributed by atoms with Gasteiger partial charge in [0.1, 0.15) is 12.6 Å². The van der Waals surface area contributed by atoms with Crippen LogP contribution >= 0.6 is 0 Å². The lowest BCUT2D eigenvalue weighted by Crippen LogP contribution is -2.45. The van der Waals surface area contributed by atoms with Gasteiger partial charge in [-0.15, -0.1) is 0 Å². The molecule has 1 saturated heterocycles. The fourth-order valence-corrected chi connectivity index (χ4v) is 4.69. The zero-order chi connectivity index (χ0) is 26.9. The third-order valence-corrected chi connectivity index (χ3v) is 7.37. The van der Waals surface area contributed by atoms with E-state index in [0.29, 0.717) is 24.7 Å². The molecule has 1 heterocycles. The molecule has 2 aromatic rings. The van der Waals surface area contributed by atoms with Gasteiger partial charge < -0.3 is 19.1 Å². The summed E-state index contributed by atoms with van der Waals surface area (Å²) in [5.41, 5.74) is 3.20. The second-order valence-corrected chi connectivity index (χ2v) is 10.4. The van der Waals surface area contributed by atoms with E-state index in [2.05, 4.69) is 24.3 Å². The molecule has 2 fully saturated rings. The number of carbonyl (C=O) groups excluding carboxylic acids is 3. The molecule has 2 aromatic carbocycles. The zero-order valence-corrected chi connectivity index (χ0v) is 22.3. The number of carbonyl (C=O) groups is 3. The normalized spacial score (nSPS) is 17.3. The molecule has 0 aromatic heterocycles. The minimum atomic E-state index is -1.06. The minimum absolute atomic E-state index is 0.108. The summed E-state index contributed by atoms with van der Waals surface area (Å²) < 4.78 is 16.2. The molecule has 4 rings (SSSR count). The molecule has 1 aliphatic carbocycles. The minimum Gasteiger partial charge on any atom is -0.458 e. The van der Waals surface area contributed by atoms with Gasteiger partial charge in [-0.1, -0.05) is 67.4 Å². The summed E-state index contributed by atoms with van der Waals surface area (Å²) in [5, 5.41) is 0. The third kappa shape index (κ3) is 8.15. The van der Waals surface area contributed by atoms with Crippen LogP contribution < -0.4 is 0 Å². The average molecular weight is 521 g/mol. The van der Waals surface area contributed by atoms with Crippen molar-refractivity contribution in [1.82, 2.24) is 4.90 Å². The molecule has 203 valence electrons. The van der Waals surface area contributed by atoms with Crippen LogP contribution in [0.2, 0.25) is 0 Å². The molecule has 1 saturated carbocycles. The maximum atomic E-state index is 13.1. The van der Waals surface area contributed by atoms with Crippen LogP contribution in [0.5, 0.6) is 0 Å². The Morgan fingerprint density at radius 1 is 0.947 bits per heavy atom. The Morgan fingerprint density at radius 2 is 1.63 bits per heavy atom. The molecule has 2 atom stereocenters. The maximum absolute atomic E-state index is 13.1. The van der Waals surface area contributed by atoms with Crippen LogP contribution in [0.1, 0.15) is 61.6 Å². The van der Waals surface area contributed by atoms with Gasteiger partial charge in [0.25, 0.3) is 0 Å². The fourth-order valence-electron chi connectivity index (χ4n) is 4.69. The number of hydrogen-bond donors (Lipinski definition) is 0. The highest BCUT2D eigenvalue weighted by atomic mass is 16.6. The van der Waals surface area contributed by atoms with E-state index in [0.717, 1.165) is 50.0 Å². The first-order valence-corrected chi connectivity index (χ1v) is 13.6. The fraction of sp³-hybridized carbons (Fsp3) is 0.484. The topological polar surface area (TPSA) is 82.1 Å². The highest BCUT2D eigenvalue weighted by molar-refractivity contribution is 5.90. The van der Waals surface area contributed by atoms with E-state index in [4.69, 9.17) is 14.2 Å². The van der Waals surface area contributed by atoms with Crippen LogP contribution in [0.25, 0.3) is 0 Å². The standard InChI is InChI=1S/C31H38NO6/c1-22(30(34)37-21-25-6-4-3-5-7-25)38-31(35)28(20-24-8-9-24)32(2)29(33)15-12-23-10-13-26(14-11-23)27-16-18-36-19-17-27/h3-7,10-11,13-15,22,24,27-28H,8-9,12,16-21H2,1-2H3/t22-,28+/m1/s1. The van der Waals surface area contributed by atoms with Crippen LogP contribution in [0.3, 0.4) is 0 Å². The molecule has 0 spiro atoms. The van der Waals surface area contributed by atoms with Crippen molar-refractivity contribution in [3.63, 3.8) is 0 Å². The van der Waals surface area contributed by atoms with Gasteiger partial charge in [0, 0.05) is 20.3 Å². The van der Waals surface area contributed by atoms with Crippen molar-refractivity contribution >= 4 is 17.8 Å². The molecular formula is C31H38NO6. The molecule has 38 heavy (non-hydrogen) atoms. The quantitative estimate of drug-likeness (QED) is 0.380. The highest BCUT2D eigenvalue weighted by Crippen LogP contribution is 2.35. The number of nitrogens with zero attached hydrogens (tertiary/aromatic N) is 1. The molecule has 0 N–H and O–H groups in total. The van der Waals surface area contributed by atoms with E-state index in [1.807, 2.05) is 30.3 Å². The smallest absolute Gasteiger partial charge is 0.347 e. The van der Waals surface area contributed by atoms with E-state index < -0.39 is 24.1 Å². The Bertz CT molecular complexity index is 1060. The Hall–Kier alpha value is -3.19. The van der Waals surface area contributed by atoms with Crippen LogP contribution in [0.15, 0.2) is 54.6 Å². The summed E-state index contributed by atoms with van der Waals surface area (Å²) in [6.45, 7) is 3.21. The summed E-state index contributed by atoms with van der Waals surface area (Å²) in [6.07, 6.45) is 5.69. The van der Waals surface area contributed by atoms with Crippen molar-refractivity contribution in [2.24, 2.45) is 5.92 Å². The van der Waals surface area contributed by atoms with Crippen LogP contribution in [-0.2, 0) is 41.6 Å². The Kier molecular flexibility index (Phi) is 9.93. The average Bonchev–Trinajstić information content (AvgIpc) is 3.78. The zero-order valence-electron chi connectivity index (χ0n) is 22.3. The number of ether oxygens (including phenoxy) is 3. The van der Waals surface area contributed by atoms with Gasteiger partial charge in [-0.05, 0) is 61.1 Å². The number of benzene rings is 2. The predicted molar refractivity (Wildman–Crippen MR) is 143 cm³/mol. The lowest BCUT2D eigenvalue weighted by Gasteiger charge is -2.27. The molecule has 1 aliphatic heterocycles. The molecular weight excluding hydrogens is 482 g/mol. The summed E-state index contributed by atoms with van der Waals surface area (Å²) in [6, 6.07) is 17.0. The van der Waals surface area contributed by atoms with Gasteiger partial charge in [0.15, 0.2) is 6.10 Å². The van der Waals surface area contributed by atoms with Crippen molar-refractivity contribution in [2.45, 2.75) is 70.1 Å². The number of rotatable bonds is 12. The summed E-state index contributed by atoms with van der Waals surface area (Å²) >= 11 is 0. The molecule has 0 bridgehead atoms. The largest absolute Gasteiger partial charge is 0.458 e. The SMILES string of the molecule is C[C@@H](OC(=O)[C@H](CC1CC1)N(C)C(=O)[CH]Cc1ccc(C2CCOCC2)cc1)C(=O)OCc1ccccc1. The van der Waals surface area contributed by atoms with Gasteiger partial charge in [0.2, 0.25) is 5.91 Å². The molecule has 2 aliphatic rings. The summed E-state index contributed by atoms with van der Waals surface area (Å²) in [7, 11) is 1.62. The van der Waals surface area contributed by atoms with Gasteiger partial charge in [-0.2, -0.15) is 0 Å². The number of amides is 1. The summed E-state index contributed by atoms with van der Waals surface area (Å²) in [5.74, 6) is -0.508. The predicted octanol–water partition coefficient (Wildman–Crippen LogP) is 4.63. The first-order valence-electron chi connectivity index (χ1n) is 13.6. The number of esters is 2. The Balaban J connectivity index is 1.27. The Labute approximate surface area is 225 Å². The van der Waals surface area contributed by atoms with Gasteiger partial charge in [-0.3, -0.25) is 4.79 Å². The van der Waals surface area contributed by atoms with Crippen LogP contribution in [-0.4, -0.2) is 55.2 Å². The van der Waals surface area contributed by atoms with E-state index in [1.165, 1.54) is 17.4 Å². The van der Waals surface area contributed by atoms with Crippen molar-refractivity contribution in [1.29, 1.82) is 0 Å². The van der Waals surface area contributed by atoms with E-state index in [-0.39, 0.29) is 12.5 Å². The maximum Gasteiger partial charge on any atom is 0.347 e. The van der Waals surface area contributed by atoms with Crippen molar-refractivity contribution in [3.05, 3.63) is 77.7 Å². The van der Waals surface area contributed by atoms with E-state index in [9.17, 15) is 14.4 Å². The van der Waals surface area contributed by atoms with Crippen molar-refractivity contribution in [2.75, 3.05) is 20.3 Å². The molecule has 7 heteroatoms. The lowest BCUT2D eigenvalue weighted by molar-refractivity contribution is -0.171. The van der Waals surface area contributed by atoms with Gasteiger partial charge in [0.05, 0.1) is 6.42 Å². The van der Waals surface area contributed by atoms with Crippen molar-refractivity contribution < 1.29 is 28.6 Å². The van der Waals surface area contributed by atoms with Crippen LogP contribution in [0.4, 0.5) is 0 Å². The first-order chi connectivity index (χ1) is 18.4. The summed E-state index contributed by atoms with van der Waals surface area (Å²) in [4.78, 5) is 39.9. The second-order valence-electron chi connectivity index (χ2n) is 10.4. The highest BCUT2D eigenvalue weighted by Gasteiger charge is 2.36. The van der Waals surface area contributed by atoms with Crippen molar-refractivity contribution in [3.8, 4) is 0 Å². The lowest BCUT2D eigenvalue weighted by atomic mass is 9.91. The van der Waals surface area contributed by atoms with E-state index >= 15 is 0 Å². The van der Waals surface area contributed by atoms with E-state index in [1.54, 1.807) is 13.5 Å².